The number of nitrogens with one attached hydrogen (secondary N) is 1. The van der Waals surface area contributed by atoms with Crippen molar-refractivity contribution in [1.29, 1.82) is 0 Å². The molecule has 0 unspecified atom stereocenters. The number of hydrogen-bond acceptors (Lipinski definition) is 4. The zero-order chi connectivity index (χ0) is 20.3. The van der Waals surface area contributed by atoms with Crippen molar-refractivity contribution >= 4 is 33.5 Å². The van der Waals surface area contributed by atoms with Gasteiger partial charge < -0.3 is 14.5 Å². The minimum atomic E-state index is -0.230. The SMILES string of the molecule is O=C(COc1ccc2ccccc2c1)Nc1cccc(-c2cc3ncccc3o2)c1. The second-order valence-corrected chi connectivity index (χ2v) is 6.92. The third-order valence-corrected chi connectivity index (χ3v) is 4.81. The number of aromatic nitrogens is 1. The number of pyridine rings is 1. The molecule has 0 spiro atoms. The number of anilines is 1. The molecule has 146 valence electrons. The maximum Gasteiger partial charge on any atom is 0.262 e. The molecule has 5 heteroatoms. The van der Waals surface area contributed by atoms with Gasteiger partial charge in [-0.2, -0.15) is 0 Å². The molecule has 5 nitrogen and oxygen atoms in total. The van der Waals surface area contributed by atoms with Crippen LogP contribution in [0.4, 0.5) is 5.69 Å². The van der Waals surface area contributed by atoms with E-state index < -0.39 is 0 Å². The monoisotopic (exact) mass is 394 g/mol. The van der Waals surface area contributed by atoms with Gasteiger partial charge in [0.05, 0.1) is 0 Å². The summed E-state index contributed by atoms with van der Waals surface area (Å²) in [5.74, 6) is 1.13. The van der Waals surface area contributed by atoms with E-state index in [2.05, 4.69) is 10.3 Å². The number of carbonyl (C=O) groups is 1. The first-order chi connectivity index (χ1) is 14.7. The number of nitrogens with zero attached hydrogens (tertiary/aromatic N) is 1. The van der Waals surface area contributed by atoms with Crippen LogP contribution in [-0.4, -0.2) is 17.5 Å². The number of hydrogen-bond donors (Lipinski definition) is 1. The molecule has 1 amide bonds. The molecule has 5 aromatic rings. The lowest BCUT2D eigenvalue weighted by Crippen LogP contribution is -2.20. The van der Waals surface area contributed by atoms with Gasteiger partial charge in [0.15, 0.2) is 12.2 Å². The minimum absolute atomic E-state index is 0.0723. The third kappa shape index (κ3) is 3.73. The highest BCUT2D eigenvalue weighted by molar-refractivity contribution is 5.93. The van der Waals surface area contributed by atoms with Gasteiger partial charge in [-0.1, -0.05) is 42.5 Å². The van der Waals surface area contributed by atoms with Crippen LogP contribution >= 0.6 is 0 Å². The average molecular weight is 394 g/mol. The molecule has 0 radical (unpaired) electrons. The summed E-state index contributed by atoms with van der Waals surface area (Å²) in [6.07, 6.45) is 1.73. The summed E-state index contributed by atoms with van der Waals surface area (Å²) in [4.78, 5) is 16.7. The zero-order valence-corrected chi connectivity index (χ0v) is 16.0. The summed E-state index contributed by atoms with van der Waals surface area (Å²) in [6.45, 7) is -0.0723. The fraction of sp³-hybridized carbons (Fsp3) is 0.0400. The summed E-state index contributed by atoms with van der Waals surface area (Å²) >= 11 is 0. The molecule has 0 saturated heterocycles. The Morgan fingerprint density at radius 2 is 1.80 bits per heavy atom. The Hall–Kier alpha value is -4.12. The largest absolute Gasteiger partial charge is 0.484 e. The molecule has 0 atom stereocenters. The van der Waals surface area contributed by atoms with Crippen molar-refractivity contribution < 1.29 is 13.9 Å². The first kappa shape index (κ1) is 17.9. The van der Waals surface area contributed by atoms with Crippen LogP contribution in [0.2, 0.25) is 0 Å². The molecule has 2 aromatic heterocycles. The standard InChI is InChI=1S/C25H18N2O3/c28-25(16-29-21-11-10-17-5-1-2-6-18(17)14-21)27-20-8-3-7-19(13-20)24-15-22-23(30-24)9-4-12-26-22/h1-15H,16H2,(H,27,28). The number of amides is 1. The fourth-order valence-electron chi connectivity index (χ4n) is 3.37. The Morgan fingerprint density at radius 1 is 0.900 bits per heavy atom. The molecule has 1 N–H and O–H groups in total. The van der Waals surface area contributed by atoms with Crippen molar-refractivity contribution in [3.05, 3.63) is 91.1 Å². The van der Waals surface area contributed by atoms with Gasteiger partial charge in [0, 0.05) is 23.5 Å². The van der Waals surface area contributed by atoms with E-state index in [1.165, 1.54) is 0 Å². The molecule has 2 heterocycles. The van der Waals surface area contributed by atoms with Gasteiger partial charge in [0.1, 0.15) is 17.0 Å². The molecular weight excluding hydrogens is 376 g/mol. The highest BCUT2D eigenvalue weighted by Crippen LogP contribution is 2.28. The summed E-state index contributed by atoms with van der Waals surface area (Å²) in [5, 5.41) is 5.08. The van der Waals surface area contributed by atoms with E-state index >= 15 is 0 Å². The topological polar surface area (TPSA) is 64.4 Å². The number of fused-ring (bicyclic) bond motifs is 2. The Labute approximate surface area is 172 Å². The van der Waals surface area contributed by atoms with Crippen molar-refractivity contribution in [1.82, 2.24) is 4.98 Å². The van der Waals surface area contributed by atoms with Gasteiger partial charge in [-0.05, 0) is 47.2 Å². The third-order valence-electron chi connectivity index (χ3n) is 4.81. The predicted molar refractivity (Wildman–Crippen MR) is 118 cm³/mol. The van der Waals surface area contributed by atoms with Crippen LogP contribution in [0, 0.1) is 0 Å². The molecule has 0 fully saturated rings. The molecule has 3 aromatic carbocycles. The van der Waals surface area contributed by atoms with E-state index in [-0.39, 0.29) is 12.5 Å². The number of furan rings is 1. The second kappa shape index (κ2) is 7.72. The van der Waals surface area contributed by atoms with Crippen molar-refractivity contribution in [2.75, 3.05) is 11.9 Å². The Morgan fingerprint density at radius 3 is 2.70 bits per heavy atom. The van der Waals surface area contributed by atoms with Gasteiger partial charge in [0.2, 0.25) is 0 Å². The van der Waals surface area contributed by atoms with Crippen molar-refractivity contribution in [3.8, 4) is 17.1 Å². The van der Waals surface area contributed by atoms with Gasteiger partial charge in [0.25, 0.3) is 5.91 Å². The van der Waals surface area contributed by atoms with Gasteiger partial charge in [-0.25, -0.2) is 0 Å². The van der Waals surface area contributed by atoms with E-state index in [0.717, 1.165) is 27.4 Å². The quantitative estimate of drug-likeness (QED) is 0.417. The Kier molecular flexibility index (Phi) is 4.62. The van der Waals surface area contributed by atoms with Crippen molar-refractivity contribution in [2.45, 2.75) is 0 Å². The van der Waals surface area contributed by atoms with Crippen LogP contribution in [0.3, 0.4) is 0 Å². The fourth-order valence-corrected chi connectivity index (χ4v) is 3.37. The van der Waals surface area contributed by atoms with E-state index in [1.54, 1.807) is 6.20 Å². The lowest BCUT2D eigenvalue weighted by atomic mass is 10.1. The maximum absolute atomic E-state index is 12.4. The number of ether oxygens (including phenoxy) is 1. The van der Waals surface area contributed by atoms with Crippen molar-refractivity contribution in [3.63, 3.8) is 0 Å². The molecule has 0 aliphatic heterocycles. The number of carbonyl (C=O) groups excluding carboxylic acids is 1. The van der Waals surface area contributed by atoms with Crippen LogP contribution in [0.15, 0.2) is 95.5 Å². The molecule has 0 aliphatic rings. The van der Waals surface area contributed by atoms with E-state index in [1.807, 2.05) is 84.9 Å². The minimum Gasteiger partial charge on any atom is -0.484 e. The zero-order valence-electron chi connectivity index (χ0n) is 16.0. The summed E-state index contributed by atoms with van der Waals surface area (Å²) in [5.41, 5.74) is 3.06. The van der Waals surface area contributed by atoms with Gasteiger partial charge >= 0.3 is 0 Å². The van der Waals surface area contributed by atoms with E-state index in [0.29, 0.717) is 17.2 Å². The predicted octanol–water partition coefficient (Wildman–Crippen LogP) is 5.67. The molecule has 0 aliphatic carbocycles. The van der Waals surface area contributed by atoms with Crippen LogP contribution in [-0.2, 0) is 4.79 Å². The van der Waals surface area contributed by atoms with Crippen LogP contribution in [0.5, 0.6) is 5.75 Å². The lowest BCUT2D eigenvalue weighted by molar-refractivity contribution is -0.118. The molecule has 0 saturated carbocycles. The summed E-state index contributed by atoms with van der Waals surface area (Å²) in [7, 11) is 0. The normalized spacial score (nSPS) is 10.9. The smallest absolute Gasteiger partial charge is 0.262 e. The first-order valence-corrected chi connectivity index (χ1v) is 9.61. The Balaban J connectivity index is 1.27. The molecule has 30 heavy (non-hydrogen) atoms. The molecule has 0 bridgehead atoms. The highest BCUT2D eigenvalue weighted by Gasteiger charge is 2.09. The van der Waals surface area contributed by atoms with Crippen molar-refractivity contribution in [2.24, 2.45) is 0 Å². The van der Waals surface area contributed by atoms with Crippen LogP contribution < -0.4 is 10.1 Å². The first-order valence-electron chi connectivity index (χ1n) is 9.61. The molecular formula is C25H18N2O3. The second-order valence-electron chi connectivity index (χ2n) is 6.92. The average Bonchev–Trinajstić information content (AvgIpc) is 3.22. The van der Waals surface area contributed by atoms with Gasteiger partial charge in [-0.15, -0.1) is 0 Å². The van der Waals surface area contributed by atoms with E-state index in [9.17, 15) is 4.79 Å². The molecule has 5 rings (SSSR count). The number of benzene rings is 3. The van der Waals surface area contributed by atoms with Gasteiger partial charge in [-0.3, -0.25) is 9.78 Å². The number of rotatable bonds is 5. The van der Waals surface area contributed by atoms with E-state index in [4.69, 9.17) is 9.15 Å². The Bertz CT molecular complexity index is 1320. The van der Waals surface area contributed by atoms with Crippen LogP contribution in [0.1, 0.15) is 0 Å². The maximum atomic E-state index is 12.4. The lowest BCUT2D eigenvalue weighted by Gasteiger charge is -2.09. The van der Waals surface area contributed by atoms with Crippen LogP contribution in [0.25, 0.3) is 33.2 Å². The summed E-state index contributed by atoms with van der Waals surface area (Å²) in [6, 6.07) is 26.9. The summed E-state index contributed by atoms with van der Waals surface area (Å²) < 4.78 is 11.5. The highest BCUT2D eigenvalue weighted by atomic mass is 16.5.